The van der Waals surface area contributed by atoms with Crippen LogP contribution in [-0.2, 0) is 4.79 Å². The van der Waals surface area contributed by atoms with Crippen LogP contribution in [0.3, 0.4) is 0 Å². The molecule has 0 aliphatic heterocycles. The molecule has 2 unspecified atom stereocenters. The van der Waals surface area contributed by atoms with Gasteiger partial charge in [0.05, 0.1) is 18.8 Å². The Kier molecular flexibility index (Phi) is 71.2. The van der Waals surface area contributed by atoms with E-state index in [-0.39, 0.29) is 12.5 Å². The zero-order chi connectivity index (χ0) is 60.5. The summed E-state index contributed by atoms with van der Waals surface area (Å²) in [6.07, 6.45) is 113. The summed E-state index contributed by atoms with van der Waals surface area (Å²) in [5, 5.41) is 23.3. The van der Waals surface area contributed by atoms with Crippen LogP contribution in [0.5, 0.6) is 0 Å². The van der Waals surface area contributed by atoms with E-state index in [0.29, 0.717) is 6.42 Å². The summed E-state index contributed by atoms with van der Waals surface area (Å²) in [5.41, 5.74) is 0. The van der Waals surface area contributed by atoms with Crippen molar-refractivity contribution in [3.63, 3.8) is 0 Å². The summed E-state index contributed by atoms with van der Waals surface area (Å²) in [6, 6.07) is -0.648. The molecule has 0 aromatic heterocycles. The first-order chi connectivity index (χ1) is 41.7. The fourth-order valence-corrected chi connectivity index (χ4v) is 10.9. The molecule has 0 spiro atoms. The highest BCUT2D eigenvalue weighted by atomic mass is 16.3. The van der Waals surface area contributed by atoms with Gasteiger partial charge in [-0.05, 0) is 96.3 Å². The van der Waals surface area contributed by atoms with Crippen LogP contribution in [-0.4, -0.2) is 34.9 Å². The molecule has 0 saturated heterocycles. The number of rotatable bonds is 67. The topological polar surface area (TPSA) is 69.6 Å². The average molecular weight is 1170 g/mol. The lowest BCUT2D eigenvalue weighted by atomic mass is 10.0. The number of amides is 1. The average Bonchev–Trinajstić information content (AvgIpc) is 3.51. The van der Waals surface area contributed by atoms with Gasteiger partial charge in [-0.25, -0.2) is 0 Å². The van der Waals surface area contributed by atoms with E-state index in [1.807, 2.05) is 6.08 Å². The maximum Gasteiger partial charge on any atom is 0.220 e. The molecule has 84 heavy (non-hydrogen) atoms. The van der Waals surface area contributed by atoms with Crippen LogP contribution in [0.4, 0.5) is 0 Å². The molecule has 4 heteroatoms. The van der Waals surface area contributed by atoms with Crippen molar-refractivity contribution < 1.29 is 15.0 Å². The van der Waals surface area contributed by atoms with Gasteiger partial charge in [-0.1, -0.05) is 379 Å². The Morgan fingerprint density at radius 3 is 0.833 bits per heavy atom. The minimum atomic E-state index is -0.871. The van der Waals surface area contributed by atoms with Crippen LogP contribution < -0.4 is 5.32 Å². The van der Waals surface area contributed by atoms with E-state index >= 15 is 0 Å². The molecule has 0 bridgehead atoms. The van der Waals surface area contributed by atoms with Crippen LogP contribution in [0.15, 0.2) is 122 Å². The number of allylic oxidation sites excluding steroid dienone is 19. The van der Waals surface area contributed by atoms with Gasteiger partial charge in [0, 0.05) is 6.42 Å². The van der Waals surface area contributed by atoms with Crippen molar-refractivity contribution in [1.82, 2.24) is 5.32 Å². The molecule has 0 heterocycles. The predicted molar refractivity (Wildman–Crippen MR) is 377 cm³/mol. The van der Waals surface area contributed by atoms with Crippen molar-refractivity contribution in [1.29, 1.82) is 0 Å². The second-order valence-electron chi connectivity index (χ2n) is 24.6. The molecule has 0 aromatic carbocycles. The fraction of sp³-hybridized carbons (Fsp3) is 0.738. The number of nitrogens with one attached hydrogen (secondary N) is 1. The molecule has 3 N–H and O–H groups in total. The smallest absolute Gasteiger partial charge is 0.220 e. The zero-order valence-corrected chi connectivity index (χ0v) is 55.9. The maximum atomic E-state index is 12.6. The highest BCUT2D eigenvalue weighted by molar-refractivity contribution is 5.76. The first-order valence-electron chi connectivity index (χ1n) is 36.7. The molecule has 0 rings (SSSR count). The van der Waals surface area contributed by atoms with E-state index in [1.165, 1.54) is 257 Å². The zero-order valence-electron chi connectivity index (χ0n) is 55.9. The Morgan fingerprint density at radius 2 is 0.536 bits per heavy atom. The first-order valence-corrected chi connectivity index (χ1v) is 36.7. The van der Waals surface area contributed by atoms with Crippen molar-refractivity contribution >= 4 is 5.91 Å². The third-order valence-electron chi connectivity index (χ3n) is 16.4. The molecule has 0 saturated carbocycles. The second kappa shape index (κ2) is 74.0. The van der Waals surface area contributed by atoms with Gasteiger partial charge in [0.15, 0.2) is 0 Å². The number of aliphatic hydroxyl groups excluding tert-OH is 2. The summed E-state index contributed by atoms with van der Waals surface area (Å²) >= 11 is 0. The molecule has 2 atom stereocenters. The van der Waals surface area contributed by atoms with Crippen LogP contribution in [0, 0.1) is 0 Å². The number of carbonyl (C=O) groups excluding carboxylic acids is 1. The normalized spacial score (nSPS) is 13.4. The van der Waals surface area contributed by atoms with E-state index in [0.717, 1.165) is 83.5 Å². The van der Waals surface area contributed by atoms with E-state index < -0.39 is 12.1 Å². The SMILES string of the molecule is CC/C=C\C/C=C\C/C=C\C/C=C\C/C=C\C/C=C\C/C=C\C/C=C\CCCCCCCCCCCCCCCCC(=O)NC(CO)C(O)/C=C/CC/C=C/CCCCCCCCCCCCCCCCCCCCCCCCCCCCC. The highest BCUT2D eigenvalue weighted by Crippen LogP contribution is 2.18. The van der Waals surface area contributed by atoms with Crippen molar-refractivity contribution in [2.45, 2.75) is 373 Å². The second-order valence-corrected chi connectivity index (χ2v) is 24.6. The van der Waals surface area contributed by atoms with Crippen molar-refractivity contribution in [3.05, 3.63) is 122 Å². The Bertz CT molecular complexity index is 1610. The molecule has 0 fully saturated rings. The molecule has 4 nitrogen and oxygen atoms in total. The van der Waals surface area contributed by atoms with Gasteiger partial charge < -0.3 is 15.5 Å². The monoisotopic (exact) mass is 1160 g/mol. The predicted octanol–water partition coefficient (Wildman–Crippen LogP) is 25.5. The third kappa shape index (κ3) is 69.6. The van der Waals surface area contributed by atoms with E-state index in [4.69, 9.17) is 0 Å². The number of unbranched alkanes of at least 4 members (excludes halogenated alkanes) is 42. The van der Waals surface area contributed by atoms with Crippen LogP contribution >= 0.6 is 0 Å². The Hall–Kier alpha value is -3.21. The summed E-state index contributed by atoms with van der Waals surface area (Å²) in [7, 11) is 0. The van der Waals surface area contributed by atoms with Crippen molar-refractivity contribution in [2.24, 2.45) is 0 Å². The molecule has 0 aliphatic carbocycles. The minimum absolute atomic E-state index is 0.0743. The number of aliphatic hydroxyl groups is 2. The molecule has 1 amide bonds. The summed E-state index contributed by atoms with van der Waals surface area (Å²) in [6.45, 7) is 4.21. The molecule has 0 aliphatic rings. The molecule has 0 radical (unpaired) electrons. The summed E-state index contributed by atoms with van der Waals surface area (Å²) in [4.78, 5) is 12.6. The quantitative estimate of drug-likeness (QED) is 0.0420. The largest absolute Gasteiger partial charge is 0.394 e. The standard InChI is InChI=1S/C80H141NO3/c1-3-5-7-9-11-13-15-17-19-21-23-25-27-29-31-33-35-37-38-39-40-41-42-44-46-48-50-52-54-56-58-60-62-64-66-68-70-72-74-76-80(84)81-78(77-82)79(83)75-73-71-69-67-65-63-61-59-57-55-53-51-49-47-45-43-36-34-32-30-28-26-24-22-20-18-16-14-12-10-8-6-4-2/h5,7,11,13,17,19,23,25,29,31,35,37,39-40,42,44,65,67,73,75,78-79,82-83H,3-4,6,8-10,12,14-16,18,20-22,24,26-28,30,32-34,36,38,41,43,45-64,66,68-72,74,76-77H2,1-2H3,(H,81,84)/b7-5-,13-11-,19-17-,25-23-,31-29-,37-35-,40-39-,44-42-,67-65+,75-73+. The minimum Gasteiger partial charge on any atom is -0.394 e. The lowest BCUT2D eigenvalue weighted by Gasteiger charge is -2.19. The van der Waals surface area contributed by atoms with Crippen molar-refractivity contribution in [2.75, 3.05) is 6.61 Å². The van der Waals surface area contributed by atoms with E-state index in [2.05, 4.69) is 129 Å². The van der Waals surface area contributed by atoms with Gasteiger partial charge in [0.1, 0.15) is 0 Å². The van der Waals surface area contributed by atoms with Gasteiger partial charge >= 0.3 is 0 Å². The van der Waals surface area contributed by atoms with Crippen LogP contribution in [0.25, 0.3) is 0 Å². The van der Waals surface area contributed by atoms with Gasteiger partial charge in [-0.15, -0.1) is 0 Å². The summed E-state index contributed by atoms with van der Waals surface area (Å²) < 4.78 is 0. The van der Waals surface area contributed by atoms with Gasteiger partial charge in [0.25, 0.3) is 0 Å². The van der Waals surface area contributed by atoms with Gasteiger partial charge in [-0.3, -0.25) is 4.79 Å². The fourth-order valence-electron chi connectivity index (χ4n) is 10.9. The molecular formula is C80H141NO3. The van der Waals surface area contributed by atoms with Crippen LogP contribution in [0.1, 0.15) is 361 Å². The summed E-state index contributed by atoms with van der Waals surface area (Å²) in [5.74, 6) is -0.0743. The highest BCUT2D eigenvalue weighted by Gasteiger charge is 2.18. The Morgan fingerprint density at radius 1 is 0.298 bits per heavy atom. The number of carbonyl (C=O) groups is 1. The van der Waals surface area contributed by atoms with Gasteiger partial charge in [0.2, 0.25) is 5.91 Å². The molecular weight excluding hydrogens is 1020 g/mol. The Balaban J connectivity index is 3.52. The first kappa shape index (κ1) is 80.8. The number of hydrogen-bond acceptors (Lipinski definition) is 3. The van der Waals surface area contributed by atoms with Crippen LogP contribution in [0.2, 0.25) is 0 Å². The Labute approximate surface area is 524 Å². The maximum absolute atomic E-state index is 12.6. The lowest BCUT2D eigenvalue weighted by Crippen LogP contribution is -2.45. The third-order valence-corrected chi connectivity index (χ3v) is 16.4. The molecule has 484 valence electrons. The number of hydrogen-bond donors (Lipinski definition) is 3. The van der Waals surface area contributed by atoms with E-state index in [1.54, 1.807) is 6.08 Å². The van der Waals surface area contributed by atoms with Crippen molar-refractivity contribution in [3.8, 4) is 0 Å². The van der Waals surface area contributed by atoms with E-state index in [9.17, 15) is 15.0 Å². The molecule has 0 aromatic rings. The van der Waals surface area contributed by atoms with Gasteiger partial charge in [-0.2, -0.15) is 0 Å². The lowest BCUT2D eigenvalue weighted by molar-refractivity contribution is -0.123.